The van der Waals surface area contributed by atoms with Crippen LogP contribution in [-0.2, 0) is 23.9 Å². The molecule has 0 aromatic carbocycles. The number of carboxylic acids is 1. The summed E-state index contributed by atoms with van der Waals surface area (Å²) in [4.78, 5) is 46.9. The molecule has 118 valence electrons. The number of aliphatic carboxylic acids is 1. The number of nitrogens with zero attached hydrogens (tertiary/aromatic N) is 1. The largest absolute Gasteiger partial charge is 0.481 e. The van der Waals surface area contributed by atoms with E-state index in [0.717, 1.165) is 0 Å². The lowest BCUT2D eigenvalue weighted by atomic mass is 10.2. The van der Waals surface area contributed by atoms with Crippen LogP contribution in [0.25, 0.3) is 0 Å². The van der Waals surface area contributed by atoms with Gasteiger partial charge in [0.1, 0.15) is 12.6 Å². The van der Waals surface area contributed by atoms with E-state index in [1.165, 1.54) is 4.90 Å². The number of rotatable bonds is 7. The van der Waals surface area contributed by atoms with E-state index in [2.05, 4.69) is 5.32 Å². The molecule has 8 heteroatoms. The number of carbonyl (C=O) groups is 4. The van der Waals surface area contributed by atoms with E-state index in [1.807, 2.05) is 0 Å². The number of hydrogen-bond acceptors (Lipinski definition) is 5. The van der Waals surface area contributed by atoms with Crippen molar-refractivity contribution in [1.82, 2.24) is 10.2 Å². The normalized spacial score (nSPS) is 17.4. The molecule has 2 amide bonds. The summed E-state index contributed by atoms with van der Waals surface area (Å²) < 4.78 is 4.69. The molecule has 1 aliphatic heterocycles. The van der Waals surface area contributed by atoms with Gasteiger partial charge in [-0.2, -0.15) is 0 Å². The Balaban J connectivity index is 2.48. The lowest BCUT2D eigenvalue weighted by molar-refractivity contribution is -0.145. The Labute approximate surface area is 122 Å². The molecule has 0 unspecified atom stereocenters. The fraction of sp³-hybridized carbons (Fsp3) is 0.692. The van der Waals surface area contributed by atoms with E-state index in [4.69, 9.17) is 9.84 Å². The molecule has 21 heavy (non-hydrogen) atoms. The minimum atomic E-state index is -1.05. The van der Waals surface area contributed by atoms with Gasteiger partial charge in [0, 0.05) is 13.0 Å². The van der Waals surface area contributed by atoms with Gasteiger partial charge in [-0.15, -0.1) is 0 Å². The molecule has 1 fully saturated rings. The molecule has 0 spiro atoms. The Bertz CT molecular complexity index is 423. The van der Waals surface area contributed by atoms with Gasteiger partial charge in [0.05, 0.1) is 13.0 Å². The number of carbonyl (C=O) groups excluding carboxylic acids is 3. The minimum Gasteiger partial charge on any atom is -0.481 e. The molecule has 0 saturated carbocycles. The molecule has 0 bridgehead atoms. The molecule has 0 aromatic heterocycles. The molecule has 0 aliphatic carbocycles. The van der Waals surface area contributed by atoms with Crippen LogP contribution in [-0.4, -0.2) is 59.5 Å². The molecule has 8 nitrogen and oxygen atoms in total. The first kappa shape index (κ1) is 16.9. The van der Waals surface area contributed by atoms with E-state index in [1.54, 1.807) is 6.92 Å². The van der Waals surface area contributed by atoms with Crippen LogP contribution in [0.4, 0.5) is 0 Å². The third kappa shape index (κ3) is 5.41. The zero-order valence-electron chi connectivity index (χ0n) is 12.0. The molecular weight excluding hydrogens is 280 g/mol. The summed E-state index contributed by atoms with van der Waals surface area (Å²) in [5.41, 5.74) is 0. The van der Waals surface area contributed by atoms with E-state index in [-0.39, 0.29) is 31.9 Å². The first-order chi connectivity index (χ1) is 9.95. The van der Waals surface area contributed by atoms with Crippen LogP contribution in [0.3, 0.4) is 0 Å². The standard InChI is InChI=1S/C13H20N2O6/c1-2-21-12(19)8-14-13(20)9-4-3-7-15(9)10(16)5-6-11(17)18/h9H,2-8H2,1H3,(H,14,20)(H,17,18)/t9-/m0/s1. The van der Waals surface area contributed by atoms with Crippen LogP contribution in [0.15, 0.2) is 0 Å². The number of esters is 1. The zero-order chi connectivity index (χ0) is 15.8. The monoisotopic (exact) mass is 300 g/mol. The molecule has 0 aromatic rings. The van der Waals surface area contributed by atoms with Crippen molar-refractivity contribution in [2.45, 2.75) is 38.6 Å². The summed E-state index contributed by atoms with van der Waals surface area (Å²) in [6.45, 7) is 2.09. The van der Waals surface area contributed by atoms with Crippen molar-refractivity contribution in [3.05, 3.63) is 0 Å². The smallest absolute Gasteiger partial charge is 0.325 e. The van der Waals surface area contributed by atoms with Crippen LogP contribution in [0, 0.1) is 0 Å². The van der Waals surface area contributed by atoms with Gasteiger partial charge >= 0.3 is 11.9 Å². The lowest BCUT2D eigenvalue weighted by Crippen LogP contribution is -2.47. The summed E-state index contributed by atoms with van der Waals surface area (Å²) in [5.74, 6) is -2.35. The number of amides is 2. The summed E-state index contributed by atoms with van der Waals surface area (Å²) in [7, 11) is 0. The summed E-state index contributed by atoms with van der Waals surface area (Å²) in [6, 6.07) is -0.638. The quantitative estimate of drug-likeness (QED) is 0.614. The van der Waals surface area contributed by atoms with E-state index >= 15 is 0 Å². The Hall–Kier alpha value is -2.12. The number of ether oxygens (including phenoxy) is 1. The van der Waals surface area contributed by atoms with E-state index in [9.17, 15) is 19.2 Å². The molecule has 2 N–H and O–H groups in total. The van der Waals surface area contributed by atoms with Crippen molar-refractivity contribution in [1.29, 1.82) is 0 Å². The molecule has 1 rings (SSSR count). The third-order valence-electron chi connectivity index (χ3n) is 3.14. The molecule has 1 saturated heterocycles. The van der Waals surface area contributed by atoms with Crippen molar-refractivity contribution < 1.29 is 29.0 Å². The first-order valence-electron chi connectivity index (χ1n) is 6.90. The van der Waals surface area contributed by atoms with Crippen molar-refractivity contribution in [2.24, 2.45) is 0 Å². The average Bonchev–Trinajstić information content (AvgIpc) is 2.92. The maximum absolute atomic E-state index is 12.0. The molecule has 1 heterocycles. The average molecular weight is 300 g/mol. The Kier molecular flexibility index (Phi) is 6.64. The fourth-order valence-corrected chi connectivity index (χ4v) is 2.18. The summed E-state index contributed by atoms with van der Waals surface area (Å²) >= 11 is 0. The predicted octanol–water partition coefficient (Wildman–Crippen LogP) is -0.478. The van der Waals surface area contributed by atoms with Crippen LogP contribution in [0.1, 0.15) is 32.6 Å². The van der Waals surface area contributed by atoms with Crippen LogP contribution >= 0.6 is 0 Å². The van der Waals surface area contributed by atoms with Crippen molar-refractivity contribution >= 4 is 23.8 Å². The highest BCUT2D eigenvalue weighted by atomic mass is 16.5. The second-order valence-electron chi connectivity index (χ2n) is 4.66. The molecule has 1 atom stereocenters. The highest BCUT2D eigenvalue weighted by Gasteiger charge is 2.33. The Morgan fingerprint density at radius 1 is 1.29 bits per heavy atom. The van der Waals surface area contributed by atoms with Crippen molar-refractivity contribution in [3.8, 4) is 0 Å². The van der Waals surface area contributed by atoms with Crippen LogP contribution in [0.2, 0.25) is 0 Å². The van der Waals surface area contributed by atoms with Gasteiger partial charge < -0.3 is 20.1 Å². The number of nitrogens with one attached hydrogen (secondary N) is 1. The topological polar surface area (TPSA) is 113 Å². The van der Waals surface area contributed by atoms with E-state index in [0.29, 0.717) is 19.4 Å². The van der Waals surface area contributed by atoms with Crippen molar-refractivity contribution in [2.75, 3.05) is 19.7 Å². The number of hydrogen-bond donors (Lipinski definition) is 2. The predicted molar refractivity (Wildman–Crippen MR) is 71.2 cm³/mol. The summed E-state index contributed by atoms with van der Waals surface area (Å²) in [6.07, 6.45) is 0.799. The van der Waals surface area contributed by atoms with Gasteiger partial charge in [-0.25, -0.2) is 0 Å². The molecule has 0 radical (unpaired) electrons. The summed E-state index contributed by atoms with van der Waals surface area (Å²) in [5, 5.41) is 11.0. The van der Waals surface area contributed by atoms with Gasteiger partial charge in [-0.3, -0.25) is 19.2 Å². The van der Waals surface area contributed by atoms with Gasteiger partial charge in [-0.05, 0) is 19.8 Å². The van der Waals surface area contributed by atoms with Crippen LogP contribution < -0.4 is 5.32 Å². The zero-order valence-corrected chi connectivity index (χ0v) is 12.0. The van der Waals surface area contributed by atoms with Gasteiger partial charge in [-0.1, -0.05) is 0 Å². The van der Waals surface area contributed by atoms with Gasteiger partial charge in [0.15, 0.2) is 0 Å². The lowest BCUT2D eigenvalue weighted by Gasteiger charge is -2.23. The van der Waals surface area contributed by atoms with Crippen LogP contribution in [0.5, 0.6) is 0 Å². The third-order valence-corrected chi connectivity index (χ3v) is 3.14. The van der Waals surface area contributed by atoms with E-state index < -0.39 is 23.9 Å². The second-order valence-corrected chi connectivity index (χ2v) is 4.66. The maximum Gasteiger partial charge on any atom is 0.325 e. The first-order valence-corrected chi connectivity index (χ1v) is 6.90. The van der Waals surface area contributed by atoms with Gasteiger partial charge in [0.25, 0.3) is 0 Å². The Morgan fingerprint density at radius 3 is 2.62 bits per heavy atom. The second kappa shape index (κ2) is 8.23. The highest BCUT2D eigenvalue weighted by molar-refractivity contribution is 5.90. The number of carboxylic acid groups (broad SMARTS) is 1. The fourth-order valence-electron chi connectivity index (χ4n) is 2.18. The Morgan fingerprint density at radius 2 is 2.00 bits per heavy atom. The molecular formula is C13H20N2O6. The van der Waals surface area contributed by atoms with Gasteiger partial charge in [0.2, 0.25) is 11.8 Å². The van der Waals surface area contributed by atoms with Crippen molar-refractivity contribution in [3.63, 3.8) is 0 Å². The maximum atomic E-state index is 12.0. The highest BCUT2D eigenvalue weighted by Crippen LogP contribution is 2.18. The molecule has 1 aliphatic rings. The minimum absolute atomic E-state index is 0.128. The SMILES string of the molecule is CCOC(=O)CNC(=O)[C@@H]1CCCN1C(=O)CCC(=O)O. The number of likely N-dealkylation sites (tertiary alicyclic amines) is 1.